The Morgan fingerprint density at radius 3 is 2.07 bits per heavy atom. The summed E-state index contributed by atoms with van der Waals surface area (Å²) < 4.78 is 11.3. The van der Waals surface area contributed by atoms with Gasteiger partial charge in [-0.15, -0.1) is 0 Å². The van der Waals surface area contributed by atoms with Crippen LogP contribution in [-0.4, -0.2) is 23.1 Å². The summed E-state index contributed by atoms with van der Waals surface area (Å²) in [6, 6.07) is 10.1. The summed E-state index contributed by atoms with van der Waals surface area (Å²) in [5, 5.41) is 0. The fraction of sp³-hybridized carbons (Fsp3) is 0.652. The number of hydrogen-bond donors (Lipinski definition) is 0. The SMILES string of the molecule is CC(C)(C)OC(=O)C[C@@H]1CCC[C@H](c2ccccc2)[C@H]1C(=O)OC(C)(C)C. The van der Waals surface area contributed by atoms with Gasteiger partial charge in [-0.2, -0.15) is 0 Å². The molecule has 0 N–H and O–H groups in total. The Hall–Kier alpha value is -1.84. The van der Waals surface area contributed by atoms with E-state index in [0.29, 0.717) is 0 Å². The minimum absolute atomic E-state index is 0.0614. The molecule has 4 heteroatoms. The average Bonchev–Trinajstić information content (AvgIpc) is 2.52. The number of hydrogen-bond acceptors (Lipinski definition) is 4. The molecule has 0 spiro atoms. The number of ether oxygens (including phenoxy) is 2. The fourth-order valence-electron chi connectivity index (χ4n) is 3.91. The maximum Gasteiger partial charge on any atom is 0.310 e. The lowest BCUT2D eigenvalue weighted by Gasteiger charge is -2.38. The molecule has 1 aromatic rings. The van der Waals surface area contributed by atoms with E-state index < -0.39 is 11.2 Å². The third kappa shape index (κ3) is 6.67. The van der Waals surface area contributed by atoms with Gasteiger partial charge in [0.1, 0.15) is 11.2 Å². The smallest absolute Gasteiger partial charge is 0.310 e. The molecule has 1 aliphatic carbocycles. The Bertz CT molecular complexity index is 637. The summed E-state index contributed by atoms with van der Waals surface area (Å²) in [7, 11) is 0. The molecule has 0 aliphatic heterocycles. The van der Waals surface area contributed by atoms with Crippen molar-refractivity contribution >= 4 is 11.9 Å². The number of carbonyl (C=O) groups is 2. The summed E-state index contributed by atoms with van der Waals surface area (Å²) >= 11 is 0. The van der Waals surface area contributed by atoms with Gasteiger partial charge in [0.15, 0.2) is 0 Å². The van der Waals surface area contributed by atoms with Gasteiger partial charge >= 0.3 is 11.9 Å². The van der Waals surface area contributed by atoms with Crippen LogP contribution in [0, 0.1) is 11.8 Å². The van der Waals surface area contributed by atoms with Crippen molar-refractivity contribution in [2.24, 2.45) is 11.8 Å². The van der Waals surface area contributed by atoms with Gasteiger partial charge in [-0.25, -0.2) is 0 Å². The summed E-state index contributed by atoms with van der Waals surface area (Å²) in [6.07, 6.45) is 3.02. The van der Waals surface area contributed by atoms with Crippen LogP contribution in [0.25, 0.3) is 0 Å². The zero-order chi connectivity index (χ0) is 20.2. The van der Waals surface area contributed by atoms with Crippen LogP contribution in [0.15, 0.2) is 30.3 Å². The summed E-state index contributed by atoms with van der Waals surface area (Å²) in [5.41, 5.74) is 0.0698. The van der Waals surface area contributed by atoms with Gasteiger partial charge in [-0.05, 0) is 71.8 Å². The second-order valence-electron chi connectivity index (χ2n) is 9.56. The van der Waals surface area contributed by atoms with E-state index in [1.165, 1.54) is 0 Å². The molecule has 1 fully saturated rings. The highest BCUT2D eigenvalue weighted by atomic mass is 16.6. The molecule has 3 atom stereocenters. The molecule has 0 unspecified atom stereocenters. The molecule has 1 aliphatic rings. The van der Waals surface area contributed by atoms with Crippen molar-refractivity contribution in [1.29, 1.82) is 0 Å². The van der Waals surface area contributed by atoms with Crippen LogP contribution in [0.3, 0.4) is 0 Å². The lowest BCUT2D eigenvalue weighted by atomic mass is 9.68. The number of esters is 2. The second-order valence-corrected chi connectivity index (χ2v) is 9.56. The van der Waals surface area contributed by atoms with Crippen LogP contribution in [0.2, 0.25) is 0 Å². The summed E-state index contributed by atoms with van der Waals surface area (Å²) in [4.78, 5) is 25.5. The molecule has 0 aromatic heterocycles. The molecule has 27 heavy (non-hydrogen) atoms. The maximum atomic E-state index is 13.1. The Morgan fingerprint density at radius 1 is 0.926 bits per heavy atom. The first-order valence-electron chi connectivity index (χ1n) is 9.96. The van der Waals surface area contributed by atoms with Crippen molar-refractivity contribution in [3.63, 3.8) is 0 Å². The first-order valence-corrected chi connectivity index (χ1v) is 9.96. The van der Waals surface area contributed by atoms with E-state index in [1.54, 1.807) is 0 Å². The van der Waals surface area contributed by atoms with Crippen molar-refractivity contribution in [1.82, 2.24) is 0 Å². The standard InChI is InChI=1S/C23H34O4/c1-22(2,3)26-19(24)15-17-13-10-14-18(16-11-8-7-9-12-16)20(17)21(25)27-23(4,5)6/h7-9,11-12,17-18,20H,10,13-15H2,1-6H3/t17-,18+,20-/m0/s1. The monoisotopic (exact) mass is 374 g/mol. The van der Waals surface area contributed by atoms with Gasteiger partial charge in [0.05, 0.1) is 5.92 Å². The van der Waals surface area contributed by atoms with Crippen molar-refractivity contribution in [2.45, 2.75) is 84.3 Å². The molecule has 0 heterocycles. The van der Waals surface area contributed by atoms with Crippen LogP contribution in [0.4, 0.5) is 0 Å². The van der Waals surface area contributed by atoms with E-state index in [2.05, 4.69) is 12.1 Å². The molecular weight excluding hydrogens is 340 g/mol. The number of carbonyl (C=O) groups excluding carboxylic acids is 2. The van der Waals surface area contributed by atoms with Gasteiger partial charge in [0.25, 0.3) is 0 Å². The zero-order valence-corrected chi connectivity index (χ0v) is 17.6. The predicted octanol–water partition coefficient (Wildman–Crippen LogP) is 5.26. The molecule has 4 nitrogen and oxygen atoms in total. The largest absolute Gasteiger partial charge is 0.460 e. The summed E-state index contributed by atoms with van der Waals surface area (Å²) in [5.74, 6) is -0.761. The van der Waals surface area contributed by atoms with Gasteiger partial charge in [-0.3, -0.25) is 9.59 Å². The lowest BCUT2D eigenvalue weighted by molar-refractivity contribution is -0.166. The zero-order valence-electron chi connectivity index (χ0n) is 17.6. The first kappa shape index (κ1) is 21.5. The molecular formula is C23H34O4. The van der Waals surface area contributed by atoms with Crippen molar-refractivity contribution in [2.75, 3.05) is 0 Å². The molecule has 0 amide bonds. The van der Waals surface area contributed by atoms with Crippen molar-refractivity contribution < 1.29 is 19.1 Å². The van der Waals surface area contributed by atoms with Gasteiger partial charge in [0, 0.05) is 6.42 Å². The molecule has 1 saturated carbocycles. The highest BCUT2D eigenvalue weighted by Gasteiger charge is 2.42. The molecule has 0 radical (unpaired) electrons. The van der Waals surface area contributed by atoms with Crippen LogP contribution in [-0.2, 0) is 19.1 Å². The minimum Gasteiger partial charge on any atom is -0.460 e. The Morgan fingerprint density at radius 2 is 1.52 bits per heavy atom. The van der Waals surface area contributed by atoms with E-state index in [0.717, 1.165) is 24.8 Å². The van der Waals surface area contributed by atoms with Gasteiger partial charge < -0.3 is 9.47 Å². The van der Waals surface area contributed by atoms with E-state index in [9.17, 15) is 9.59 Å². The topological polar surface area (TPSA) is 52.6 Å². The Balaban J connectivity index is 2.27. The van der Waals surface area contributed by atoms with Gasteiger partial charge in [0.2, 0.25) is 0 Å². The lowest BCUT2D eigenvalue weighted by Crippen LogP contribution is -2.39. The summed E-state index contributed by atoms with van der Waals surface area (Å²) in [6.45, 7) is 11.2. The van der Waals surface area contributed by atoms with Crippen LogP contribution >= 0.6 is 0 Å². The van der Waals surface area contributed by atoms with Gasteiger partial charge in [-0.1, -0.05) is 36.8 Å². The quantitative estimate of drug-likeness (QED) is 0.675. The molecule has 150 valence electrons. The van der Waals surface area contributed by atoms with E-state index in [1.807, 2.05) is 59.7 Å². The molecule has 1 aromatic carbocycles. The third-order valence-corrected chi connectivity index (χ3v) is 4.79. The number of benzene rings is 1. The first-order chi connectivity index (χ1) is 12.5. The third-order valence-electron chi connectivity index (χ3n) is 4.79. The second kappa shape index (κ2) is 8.45. The minimum atomic E-state index is -0.549. The number of rotatable bonds is 4. The van der Waals surface area contributed by atoms with Crippen LogP contribution in [0.5, 0.6) is 0 Å². The maximum absolute atomic E-state index is 13.1. The molecule has 2 rings (SSSR count). The Kier molecular flexibility index (Phi) is 6.72. The average molecular weight is 375 g/mol. The van der Waals surface area contributed by atoms with Crippen LogP contribution < -0.4 is 0 Å². The van der Waals surface area contributed by atoms with E-state index >= 15 is 0 Å². The van der Waals surface area contributed by atoms with Crippen LogP contribution in [0.1, 0.15) is 78.7 Å². The highest BCUT2D eigenvalue weighted by molar-refractivity contribution is 5.77. The fourth-order valence-corrected chi connectivity index (χ4v) is 3.91. The van der Waals surface area contributed by atoms with Crippen molar-refractivity contribution in [3.8, 4) is 0 Å². The highest BCUT2D eigenvalue weighted by Crippen LogP contribution is 2.44. The molecule has 0 saturated heterocycles. The molecule has 0 bridgehead atoms. The predicted molar refractivity (Wildman–Crippen MR) is 106 cm³/mol. The van der Waals surface area contributed by atoms with E-state index in [4.69, 9.17) is 9.47 Å². The van der Waals surface area contributed by atoms with E-state index in [-0.39, 0.29) is 36.1 Å². The van der Waals surface area contributed by atoms with Crippen molar-refractivity contribution in [3.05, 3.63) is 35.9 Å². The normalized spacial score (nSPS) is 23.6. The Labute approximate surface area is 163 Å².